The Morgan fingerprint density at radius 2 is 1.47 bits per heavy atom. The third-order valence-electron chi connectivity index (χ3n) is 4.06. The SMILES string of the molecule is Cc1cc2ccc3ccccc3c(=O)c2c(C)c1C. The first-order valence-corrected chi connectivity index (χ1v) is 6.52. The molecule has 3 rings (SSSR count). The highest BCUT2D eigenvalue weighted by molar-refractivity contribution is 5.95. The van der Waals surface area contributed by atoms with Crippen LogP contribution in [0.15, 0.2) is 47.3 Å². The maximum absolute atomic E-state index is 12.8. The van der Waals surface area contributed by atoms with E-state index in [1.54, 1.807) is 0 Å². The number of fused-ring (bicyclic) bond motifs is 2. The molecule has 0 aliphatic rings. The Balaban J connectivity index is 2.69. The standard InChI is InChI=1S/C18H16O/c1-11-10-15-9-8-14-6-4-5-7-16(14)18(19)17(15)13(3)12(11)2/h4-10H,1-3H3. The van der Waals surface area contributed by atoms with Crippen molar-refractivity contribution in [3.8, 4) is 0 Å². The van der Waals surface area contributed by atoms with E-state index >= 15 is 0 Å². The summed E-state index contributed by atoms with van der Waals surface area (Å²) in [5, 5.41) is 3.67. The first-order valence-electron chi connectivity index (χ1n) is 6.52. The van der Waals surface area contributed by atoms with Gasteiger partial charge in [0, 0.05) is 10.8 Å². The van der Waals surface area contributed by atoms with E-state index in [9.17, 15) is 4.79 Å². The topological polar surface area (TPSA) is 17.1 Å². The van der Waals surface area contributed by atoms with Crippen LogP contribution in [0.5, 0.6) is 0 Å². The molecule has 0 amide bonds. The minimum absolute atomic E-state index is 0.135. The van der Waals surface area contributed by atoms with Crippen molar-refractivity contribution < 1.29 is 0 Å². The third-order valence-corrected chi connectivity index (χ3v) is 4.06. The Morgan fingerprint density at radius 3 is 2.26 bits per heavy atom. The molecule has 1 heteroatoms. The Hall–Kier alpha value is -2.15. The highest BCUT2D eigenvalue weighted by atomic mass is 16.1. The molecule has 0 aliphatic heterocycles. The summed E-state index contributed by atoms with van der Waals surface area (Å²) in [6, 6.07) is 14.0. The van der Waals surface area contributed by atoms with Crippen LogP contribution in [0.3, 0.4) is 0 Å². The fraction of sp³-hybridized carbons (Fsp3) is 0.167. The Kier molecular flexibility index (Phi) is 2.63. The van der Waals surface area contributed by atoms with Gasteiger partial charge in [0.05, 0.1) is 0 Å². The predicted octanol–water partition coefficient (Wildman–Crippen LogP) is 4.28. The summed E-state index contributed by atoms with van der Waals surface area (Å²) >= 11 is 0. The molecule has 0 fully saturated rings. The van der Waals surface area contributed by atoms with E-state index in [0.717, 1.165) is 27.1 Å². The summed E-state index contributed by atoms with van der Waals surface area (Å²) in [7, 11) is 0. The Bertz CT molecular complexity index is 860. The van der Waals surface area contributed by atoms with Crippen molar-refractivity contribution in [2.24, 2.45) is 0 Å². The van der Waals surface area contributed by atoms with Gasteiger partial charge in [0.1, 0.15) is 0 Å². The molecule has 0 saturated carbocycles. The second-order valence-electron chi connectivity index (χ2n) is 5.16. The number of benzene rings is 2. The fourth-order valence-electron chi connectivity index (χ4n) is 2.71. The lowest BCUT2D eigenvalue weighted by Crippen LogP contribution is -2.02. The summed E-state index contributed by atoms with van der Waals surface area (Å²) in [6.07, 6.45) is 0. The smallest absolute Gasteiger partial charge is 0.194 e. The quantitative estimate of drug-likeness (QED) is 0.580. The zero-order valence-electron chi connectivity index (χ0n) is 11.4. The molecule has 0 radical (unpaired) electrons. The van der Waals surface area contributed by atoms with Gasteiger partial charge >= 0.3 is 0 Å². The van der Waals surface area contributed by atoms with Crippen molar-refractivity contribution in [1.29, 1.82) is 0 Å². The molecular formula is C18H16O. The maximum Gasteiger partial charge on any atom is 0.194 e. The lowest BCUT2D eigenvalue weighted by molar-refractivity contribution is 1.30. The van der Waals surface area contributed by atoms with Crippen molar-refractivity contribution in [3.05, 3.63) is 69.4 Å². The van der Waals surface area contributed by atoms with Crippen LogP contribution in [-0.4, -0.2) is 0 Å². The van der Waals surface area contributed by atoms with Crippen LogP contribution in [0.25, 0.3) is 21.5 Å². The molecule has 0 heterocycles. The average molecular weight is 248 g/mol. The van der Waals surface area contributed by atoms with Gasteiger partial charge < -0.3 is 0 Å². The molecule has 3 aromatic rings. The zero-order chi connectivity index (χ0) is 13.6. The van der Waals surface area contributed by atoms with Crippen LogP contribution < -0.4 is 5.43 Å². The molecule has 1 nitrogen and oxygen atoms in total. The third kappa shape index (κ3) is 1.74. The van der Waals surface area contributed by atoms with Crippen LogP contribution in [-0.2, 0) is 0 Å². The van der Waals surface area contributed by atoms with Crippen LogP contribution >= 0.6 is 0 Å². The molecule has 94 valence electrons. The van der Waals surface area contributed by atoms with E-state index in [-0.39, 0.29) is 5.43 Å². The van der Waals surface area contributed by atoms with Crippen molar-refractivity contribution in [2.75, 3.05) is 0 Å². The van der Waals surface area contributed by atoms with Gasteiger partial charge in [-0.2, -0.15) is 0 Å². The predicted molar refractivity (Wildman–Crippen MR) is 81.9 cm³/mol. The molecule has 0 N–H and O–H groups in total. The average Bonchev–Trinajstić information content (AvgIpc) is 2.55. The molecule has 0 atom stereocenters. The molecule has 0 spiro atoms. The van der Waals surface area contributed by atoms with Crippen LogP contribution in [0.4, 0.5) is 0 Å². The summed E-state index contributed by atoms with van der Waals surface area (Å²) in [4.78, 5) is 12.8. The van der Waals surface area contributed by atoms with Crippen LogP contribution in [0, 0.1) is 20.8 Å². The Labute approximate surface area is 112 Å². The summed E-state index contributed by atoms with van der Waals surface area (Å²) in [5.74, 6) is 0. The first kappa shape index (κ1) is 11.9. The van der Waals surface area contributed by atoms with Gasteiger partial charge in [-0.3, -0.25) is 4.79 Å². The molecule has 0 unspecified atom stereocenters. The van der Waals surface area contributed by atoms with Crippen LogP contribution in [0.1, 0.15) is 16.7 Å². The van der Waals surface area contributed by atoms with E-state index in [2.05, 4.69) is 26.0 Å². The second kappa shape index (κ2) is 4.20. The summed E-state index contributed by atoms with van der Waals surface area (Å²) < 4.78 is 0. The molecule has 0 bridgehead atoms. The minimum atomic E-state index is 0.135. The number of hydrogen-bond donors (Lipinski definition) is 0. The Morgan fingerprint density at radius 1 is 0.789 bits per heavy atom. The fourth-order valence-corrected chi connectivity index (χ4v) is 2.71. The van der Waals surface area contributed by atoms with Gasteiger partial charge in [0.15, 0.2) is 5.43 Å². The van der Waals surface area contributed by atoms with Crippen molar-refractivity contribution >= 4 is 21.5 Å². The highest BCUT2D eigenvalue weighted by Crippen LogP contribution is 2.23. The van der Waals surface area contributed by atoms with Crippen molar-refractivity contribution in [3.63, 3.8) is 0 Å². The molecule has 0 aromatic heterocycles. The maximum atomic E-state index is 12.8. The molecule has 0 saturated heterocycles. The number of aryl methyl sites for hydroxylation is 2. The van der Waals surface area contributed by atoms with Gasteiger partial charge in [-0.1, -0.05) is 42.5 Å². The minimum Gasteiger partial charge on any atom is -0.289 e. The zero-order valence-corrected chi connectivity index (χ0v) is 11.4. The number of rotatable bonds is 0. The van der Waals surface area contributed by atoms with Crippen molar-refractivity contribution in [1.82, 2.24) is 0 Å². The first-order chi connectivity index (χ1) is 9.09. The van der Waals surface area contributed by atoms with Crippen molar-refractivity contribution in [2.45, 2.75) is 20.8 Å². The molecule has 3 aromatic carbocycles. The lowest BCUT2D eigenvalue weighted by atomic mass is 9.97. The normalized spacial score (nSPS) is 11.1. The molecule has 0 aliphatic carbocycles. The summed E-state index contributed by atoms with van der Waals surface area (Å²) in [6.45, 7) is 6.22. The molecule has 19 heavy (non-hydrogen) atoms. The lowest BCUT2D eigenvalue weighted by Gasteiger charge is -2.06. The van der Waals surface area contributed by atoms with Gasteiger partial charge in [0.25, 0.3) is 0 Å². The molecular weight excluding hydrogens is 232 g/mol. The largest absolute Gasteiger partial charge is 0.289 e. The van der Waals surface area contributed by atoms with E-state index in [1.165, 1.54) is 11.1 Å². The van der Waals surface area contributed by atoms with E-state index in [4.69, 9.17) is 0 Å². The summed E-state index contributed by atoms with van der Waals surface area (Å²) in [5.41, 5.74) is 3.68. The monoisotopic (exact) mass is 248 g/mol. The second-order valence-corrected chi connectivity index (χ2v) is 5.16. The number of hydrogen-bond acceptors (Lipinski definition) is 1. The van der Waals surface area contributed by atoms with Gasteiger partial charge in [0.2, 0.25) is 0 Å². The highest BCUT2D eigenvalue weighted by Gasteiger charge is 2.08. The van der Waals surface area contributed by atoms with E-state index < -0.39 is 0 Å². The van der Waals surface area contributed by atoms with Gasteiger partial charge in [-0.15, -0.1) is 0 Å². The van der Waals surface area contributed by atoms with Crippen LogP contribution in [0.2, 0.25) is 0 Å². The van der Waals surface area contributed by atoms with E-state index in [0.29, 0.717) is 0 Å². The van der Waals surface area contributed by atoms with Gasteiger partial charge in [-0.25, -0.2) is 0 Å². The van der Waals surface area contributed by atoms with E-state index in [1.807, 2.05) is 37.3 Å². The van der Waals surface area contributed by atoms with Gasteiger partial charge in [-0.05, 0) is 48.2 Å².